The fraction of sp³-hybridized carbons (Fsp3) is 0.400. The summed E-state index contributed by atoms with van der Waals surface area (Å²) in [6.45, 7) is 2.85. The SMILES string of the molecule is CCCCCCNC(=O)Nc1cccc(-c2nnco2)c1. The lowest BCUT2D eigenvalue weighted by Gasteiger charge is -2.08. The molecule has 0 saturated heterocycles. The topological polar surface area (TPSA) is 80.0 Å². The molecule has 1 aromatic heterocycles. The first kappa shape index (κ1) is 15.0. The number of anilines is 1. The molecular formula is C15H20N4O2. The van der Waals surface area contributed by atoms with Gasteiger partial charge in [0.15, 0.2) is 0 Å². The van der Waals surface area contributed by atoms with Gasteiger partial charge in [0.05, 0.1) is 0 Å². The molecule has 2 aromatic rings. The predicted molar refractivity (Wildman–Crippen MR) is 80.9 cm³/mol. The van der Waals surface area contributed by atoms with E-state index >= 15 is 0 Å². The maximum Gasteiger partial charge on any atom is 0.319 e. The molecule has 0 aliphatic carbocycles. The van der Waals surface area contributed by atoms with Crippen LogP contribution < -0.4 is 10.6 Å². The van der Waals surface area contributed by atoms with Crippen molar-refractivity contribution in [3.8, 4) is 11.5 Å². The highest BCUT2D eigenvalue weighted by Gasteiger charge is 2.06. The van der Waals surface area contributed by atoms with E-state index in [-0.39, 0.29) is 6.03 Å². The van der Waals surface area contributed by atoms with Gasteiger partial charge in [-0.1, -0.05) is 32.3 Å². The lowest BCUT2D eigenvalue weighted by Crippen LogP contribution is -2.29. The van der Waals surface area contributed by atoms with E-state index in [9.17, 15) is 4.79 Å². The minimum absolute atomic E-state index is 0.200. The van der Waals surface area contributed by atoms with Crippen molar-refractivity contribution in [1.29, 1.82) is 0 Å². The third kappa shape index (κ3) is 4.91. The zero-order valence-electron chi connectivity index (χ0n) is 12.1. The smallest absolute Gasteiger partial charge is 0.319 e. The number of hydrogen-bond donors (Lipinski definition) is 2. The van der Waals surface area contributed by atoms with Gasteiger partial charge in [-0.05, 0) is 24.6 Å². The molecule has 0 atom stereocenters. The van der Waals surface area contributed by atoms with Crippen molar-refractivity contribution in [3.05, 3.63) is 30.7 Å². The van der Waals surface area contributed by atoms with Crippen LogP contribution in [0, 0.1) is 0 Å². The Morgan fingerprint density at radius 3 is 2.95 bits per heavy atom. The van der Waals surface area contributed by atoms with Gasteiger partial charge in [-0.2, -0.15) is 0 Å². The standard InChI is InChI=1S/C15H20N4O2/c1-2-3-4-5-9-16-15(20)18-13-8-6-7-12(10-13)14-19-17-11-21-14/h6-8,10-11H,2-5,9H2,1H3,(H2,16,18,20). The first-order valence-electron chi connectivity index (χ1n) is 7.21. The van der Waals surface area contributed by atoms with Crippen LogP contribution in [0.5, 0.6) is 0 Å². The van der Waals surface area contributed by atoms with Crippen molar-refractivity contribution in [2.75, 3.05) is 11.9 Å². The summed E-state index contributed by atoms with van der Waals surface area (Å²) in [6, 6.07) is 7.09. The lowest BCUT2D eigenvalue weighted by atomic mass is 10.2. The molecule has 1 heterocycles. The number of nitrogens with one attached hydrogen (secondary N) is 2. The Bertz CT molecular complexity index is 555. The van der Waals surface area contributed by atoms with Gasteiger partial charge in [0.25, 0.3) is 0 Å². The van der Waals surface area contributed by atoms with Crippen LogP contribution in [0.25, 0.3) is 11.5 Å². The average molecular weight is 288 g/mol. The van der Waals surface area contributed by atoms with E-state index in [2.05, 4.69) is 27.8 Å². The molecule has 0 unspecified atom stereocenters. The van der Waals surface area contributed by atoms with Crippen LogP contribution in [0.3, 0.4) is 0 Å². The summed E-state index contributed by atoms with van der Waals surface area (Å²) in [5.74, 6) is 0.429. The first-order chi connectivity index (χ1) is 10.3. The normalized spacial score (nSPS) is 10.3. The van der Waals surface area contributed by atoms with Crippen LogP contribution in [0.15, 0.2) is 35.1 Å². The highest BCUT2D eigenvalue weighted by molar-refractivity contribution is 5.89. The number of amides is 2. The molecule has 112 valence electrons. The molecule has 2 rings (SSSR count). The number of carbonyl (C=O) groups is 1. The van der Waals surface area contributed by atoms with E-state index in [4.69, 9.17) is 4.42 Å². The van der Waals surface area contributed by atoms with Gasteiger partial charge in [0.2, 0.25) is 12.3 Å². The molecule has 0 aliphatic heterocycles. The van der Waals surface area contributed by atoms with Gasteiger partial charge in [0, 0.05) is 17.8 Å². The van der Waals surface area contributed by atoms with Crippen molar-refractivity contribution >= 4 is 11.7 Å². The van der Waals surface area contributed by atoms with Crippen LogP contribution in [-0.2, 0) is 0 Å². The van der Waals surface area contributed by atoms with Crippen molar-refractivity contribution in [3.63, 3.8) is 0 Å². The van der Waals surface area contributed by atoms with Crippen LogP contribution in [0.2, 0.25) is 0 Å². The number of rotatable bonds is 7. The summed E-state index contributed by atoms with van der Waals surface area (Å²) in [4.78, 5) is 11.8. The van der Waals surface area contributed by atoms with Gasteiger partial charge in [-0.15, -0.1) is 10.2 Å². The van der Waals surface area contributed by atoms with Gasteiger partial charge < -0.3 is 15.1 Å². The van der Waals surface area contributed by atoms with Gasteiger partial charge in [0.1, 0.15) is 0 Å². The number of hydrogen-bond acceptors (Lipinski definition) is 4. The Hall–Kier alpha value is -2.37. The second kappa shape index (κ2) is 8.04. The fourth-order valence-corrected chi connectivity index (χ4v) is 1.96. The van der Waals surface area contributed by atoms with Gasteiger partial charge in [-0.25, -0.2) is 4.79 Å². The molecule has 6 nitrogen and oxygen atoms in total. The molecule has 1 aromatic carbocycles. The first-order valence-corrected chi connectivity index (χ1v) is 7.21. The zero-order chi connectivity index (χ0) is 14.9. The lowest BCUT2D eigenvalue weighted by molar-refractivity contribution is 0.252. The molecule has 0 saturated carbocycles. The van der Waals surface area contributed by atoms with Crippen molar-refractivity contribution in [1.82, 2.24) is 15.5 Å². The molecule has 0 aliphatic rings. The largest absolute Gasteiger partial charge is 0.423 e. The number of urea groups is 1. The number of unbranched alkanes of at least 4 members (excludes halogenated alkanes) is 3. The number of carbonyl (C=O) groups excluding carboxylic acids is 1. The Labute approximate surface area is 124 Å². The second-order valence-corrected chi connectivity index (χ2v) is 4.77. The van der Waals surface area contributed by atoms with Crippen LogP contribution >= 0.6 is 0 Å². The summed E-state index contributed by atoms with van der Waals surface area (Å²) in [5.41, 5.74) is 1.46. The third-order valence-electron chi connectivity index (χ3n) is 3.04. The summed E-state index contributed by atoms with van der Waals surface area (Å²) in [5, 5.41) is 13.1. The zero-order valence-corrected chi connectivity index (χ0v) is 12.1. The second-order valence-electron chi connectivity index (χ2n) is 4.77. The number of aromatic nitrogens is 2. The fourth-order valence-electron chi connectivity index (χ4n) is 1.96. The summed E-state index contributed by atoms with van der Waals surface area (Å²) in [6.07, 6.45) is 5.81. The van der Waals surface area contributed by atoms with E-state index in [1.807, 2.05) is 18.2 Å². The maximum atomic E-state index is 11.8. The molecule has 0 spiro atoms. The van der Waals surface area contributed by atoms with Crippen molar-refractivity contribution < 1.29 is 9.21 Å². The van der Waals surface area contributed by atoms with Gasteiger partial charge in [-0.3, -0.25) is 0 Å². The molecule has 0 bridgehead atoms. The van der Waals surface area contributed by atoms with E-state index < -0.39 is 0 Å². The summed E-state index contributed by atoms with van der Waals surface area (Å²) >= 11 is 0. The molecule has 0 fully saturated rings. The minimum atomic E-state index is -0.200. The van der Waals surface area contributed by atoms with E-state index in [0.717, 1.165) is 18.4 Å². The van der Waals surface area contributed by atoms with E-state index in [0.29, 0.717) is 18.1 Å². The molecule has 0 radical (unpaired) electrons. The van der Waals surface area contributed by atoms with Crippen molar-refractivity contribution in [2.45, 2.75) is 32.6 Å². The van der Waals surface area contributed by atoms with Gasteiger partial charge >= 0.3 is 6.03 Å². The average Bonchev–Trinajstić information content (AvgIpc) is 3.01. The van der Waals surface area contributed by atoms with E-state index in [1.54, 1.807) is 6.07 Å². The maximum absolute atomic E-state index is 11.8. The molecule has 6 heteroatoms. The molecule has 2 amide bonds. The van der Waals surface area contributed by atoms with E-state index in [1.165, 1.54) is 19.2 Å². The number of nitrogens with zero attached hydrogens (tertiary/aromatic N) is 2. The van der Waals surface area contributed by atoms with Crippen molar-refractivity contribution in [2.24, 2.45) is 0 Å². The summed E-state index contributed by atoms with van der Waals surface area (Å²) < 4.78 is 5.13. The highest BCUT2D eigenvalue weighted by Crippen LogP contribution is 2.20. The highest BCUT2D eigenvalue weighted by atomic mass is 16.4. The molecular weight excluding hydrogens is 268 g/mol. The Morgan fingerprint density at radius 1 is 1.29 bits per heavy atom. The van der Waals surface area contributed by atoms with Crippen LogP contribution in [-0.4, -0.2) is 22.8 Å². The Morgan fingerprint density at radius 2 is 2.19 bits per heavy atom. The summed E-state index contributed by atoms with van der Waals surface area (Å²) in [7, 11) is 0. The molecule has 2 N–H and O–H groups in total. The van der Waals surface area contributed by atoms with Crippen LogP contribution in [0.4, 0.5) is 10.5 Å². The van der Waals surface area contributed by atoms with Crippen LogP contribution in [0.1, 0.15) is 32.6 Å². The molecule has 21 heavy (non-hydrogen) atoms. The minimum Gasteiger partial charge on any atom is -0.423 e. The monoisotopic (exact) mass is 288 g/mol. The predicted octanol–water partition coefficient (Wildman–Crippen LogP) is 3.44. The quantitative estimate of drug-likeness (QED) is 0.765. The third-order valence-corrected chi connectivity index (χ3v) is 3.04. The number of benzene rings is 1. The Kier molecular flexibility index (Phi) is 5.75. The Balaban J connectivity index is 1.82.